The Morgan fingerprint density at radius 1 is 1.25 bits per heavy atom. The van der Waals surface area contributed by atoms with Gasteiger partial charge in [-0.3, -0.25) is 4.79 Å². The molecule has 2 aromatic rings. The molecule has 2 heterocycles. The van der Waals surface area contributed by atoms with Gasteiger partial charge in [0.2, 0.25) is 15.9 Å². The molecule has 1 aliphatic heterocycles. The number of benzene rings is 1. The Labute approximate surface area is 166 Å². The minimum atomic E-state index is -3.56. The minimum Gasteiger partial charge on any atom is -0.349 e. The van der Waals surface area contributed by atoms with E-state index in [1.165, 1.54) is 4.31 Å². The molecule has 0 fully saturated rings. The number of sulfonamides is 1. The maximum Gasteiger partial charge on any atom is 0.243 e. The standard InChI is InChI=1S/C20H28N4O3S/c1-5-20(25)21-12-19-22-17-10-11-24(13-18(17)23(19)4)28(26,27)16-8-6-15(7-9-16)14(2)3/h6-9,14H,5,10-13H2,1-4H3,(H,21,25). The molecule has 0 saturated carbocycles. The number of nitrogens with zero attached hydrogens (tertiary/aromatic N) is 3. The molecule has 1 aliphatic rings. The second-order valence-corrected chi connectivity index (χ2v) is 9.36. The molecule has 0 aliphatic carbocycles. The molecule has 1 aromatic carbocycles. The lowest BCUT2D eigenvalue weighted by molar-refractivity contribution is -0.120. The van der Waals surface area contributed by atoms with Crippen molar-refractivity contribution in [3.8, 4) is 0 Å². The number of fused-ring (bicyclic) bond motifs is 1. The molecule has 1 N–H and O–H groups in total. The van der Waals surface area contributed by atoms with E-state index in [0.29, 0.717) is 36.7 Å². The number of imidazole rings is 1. The van der Waals surface area contributed by atoms with Gasteiger partial charge in [0, 0.05) is 26.4 Å². The van der Waals surface area contributed by atoms with E-state index in [2.05, 4.69) is 24.1 Å². The van der Waals surface area contributed by atoms with Crippen molar-refractivity contribution in [1.82, 2.24) is 19.2 Å². The molecule has 8 heteroatoms. The fourth-order valence-corrected chi connectivity index (χ4v) is 4.76. The molecule has 1 aromatic heterocycles. The smallest absolute Gasteiger partial charge is 0.243 e. The molecular formula is C20H28N4O3S. The van der Waals surface area contributed by atoms with Gasteiger partial charge in [-0.25, -0.2) is 13.4 Å². The fraction of sp³-hybridized carbons (Fsp3) is 0.500. The highest BCUT2D eigenvalue weighted by atomic mass is 32.2. The fourth-order valence-electron chi connectivity index (χ4n) is 3.36. The number of amides is 1. The first-order valence-electron chi connectivity index (χ1n) is 9.64. The van der Waals surface area contributed by atoms with Crippen molar-refractivity contribution in [3.63, 3.8) is 0 Å². The Kier molecular flexibility index (Phi) is 5.90. The maximum atomic E-state index is 13.1. The van der Waals surface area contributed by atoms with Crippen LogP contribution >= 0.6 is 0 Å². The summed E-state index contributed by atoms with van der Waals surface area (Å²) in [6.45, 7) is 7.00. The first-order valence-corrected chi connectivity index (χ1v) is 11.1. The summed E-state index contributed by atoms with van der Waals surface area (Å²) < 4.78 is 29.6. The van der Waals surface area contributed by atoms with E-state index in [4.69, 9.17) is 0 Å². The molecule has 28 heavy (non-hydrogen) atoms. The summed E-state index contributed by atoms with van der Waals surface area (Å²) in [4.78, 5) is 16.4. The molecule has 0 atom stereocenters. The molecule has 3 rings (SSSR count). The Balaban J connectivity index is 1.80. The molecular weight excluding hydrogens is 376 g/mol. The number of carbonyl (C=O) groups excluding carboxylic acids is 1. The summed E-state index contributed by atoms with van der Waals surface area (Å²) in [6, 6.07) is 7.14. The van der Waals surface area contributed by atoms with Gasteiger partial charge in [0.05, 0.1) is 29.4 Å². The van der Waals surface area contributed by atoms with Crippen molar-refractivity contribution in [2.75, 3.05) is 6.54 Å². The third-order valence-electron chi connectivity index (χ3n) is 5.26. The van der Waals surface area contributed by atoms with Crippen LogP contribution in [-0.4, -0.2) is 34.7 Å². The Morgan fingerprint density at radius 2 is 1.93 bits per heavy atom. The monoisotopic (exact) mass is 404 g/mol. The maximum absolute atomic E-state index is 13.1. The van der Waals surface area contributed by atoms with Crippen molar-refractivity contribution in [3.05, 3.63) is 47.0 Å². The molecule has 0 bridgehead atoms. The first-order chi connectivity index (χ1) is 13.2. The molecule has 0 radical (unpaired) electrons. The lowest BCUT2D eigenvalue weighted by Crippen LogP contribution is -2.36. The number of hydrogen-bond acceptors (Lipinski definition) is 4. The topological polar surface area (TPSA) is 84.3 Å². The van der Waals surface area contributed by atoms with E-state index in [1.54, 1.807) is 19.1 Å². The van der Waals surface area contributed by atoms with Crippen LogP contribution < -0.4 is 5.32 Å². The zero-order valence-corrected chi connectivity index (χ0v) is 17.7. The van der Waals surface area contributed by atoms with E-state index < -0.39 is 10.0 Å². The van der Waals surface area contributed by atoms with Crippen LogP contribution in [0.25, 0.3) is 0 Å². The van der Waals surface area contributed by atoms with E-state index in [9.17, 15) is 13.2 Å². The summed E-state index contributed by atoms with van der Waals surface area (Å²) in [5.74, 6) is 1.07. The average molecular weight is 405 g/mol. The van der Waals surface area contributed by atoms with Gasteiger partial charge in [-0.1, -0.05) is 32.9 Å². The largest absolute Gasteiger partial charge is 0.349 e. The SMILES string of the molecule is CCC(=O)NCc1nc2c(n1C)CN(S(=O)(=O)c1ccc(C(C)C)cc1)CC2. The summed E-state index contributed by atoms with van der Waals surface area (Å²) in [5.41, 5.74) is 2.91. The van der Waals surface area contributed by atoms with Crippen LogP contribution in [0.15, 0.2) is 29.2 Å². The zero-order chi connectivity index (χ0) is 20.5. The van der Waals surface area contributed by atoms with Crippen molar-refractivity contribution < 1.29 is 13.2 Å². The van der Waals surface area contributed by atoms with Gasteiger partial charge in [0.15, 0.2) is 0 Å². The lowest BCUT2D eigenvalue weighted by atomic mass is 10.0. The van der Waals surface area contributed by atoms with Gasteiger partial charge in [-0.15, -0.1) is 0 Å². The zero-order valence-electron chi connectivity index (χ0n) is 16.9. The van der Waals surface area contributed by atoms with Crippen LogP contribution in [-0.2, 0) is 41.4 Å². The predicted octanol–water partition coefficient (Wildman–Crippen LogP) is 2.32. The highest BCUT2D eigenvalue weighted by molar-refractivity contribution is 7.89. The van der Waals surface area contributed by atoms with Gasteiger partial charge >= 0.3 is 0 Å². The van der Waals surface area contributed by atoms with E-state index in [-0.39, 0.29) is 12.5 Å². The van der Waals surface area contributed by atoms with Gasteiger partial charge in [0.1, 0.15) is 5.82 Å². The van der Waals surface area contributed by atoms with E-state index in [0.717, 1.165) is 22.8 Å². The first kappa shape index (κ1) is 20.5. The van der Waals surface area contributed by atoms with Crippen molar-refractivity contribution in [2.45, 2.75) is 57.5 Å². The summed E-state index contributed by atoms with van der Waals surface area (Å²) in [5, 5.41) is 2.83. The molecule has 0 spiro atoms. The highest BCUT2D eigenvalue weighted by Gasteiger charge is 2.31. The van der Waals surface area contributed by atoms with Gasteiger partial charge in [0.25, 0.3) is 0 Å². The predicted molar refractivity (Wildman–Crippen MR) is 107 cm³/mol. The highest BCUT2D eigenvalue weighted by Crippen LogP contribution is 2.26. The van der Waals surface area contributed by atoms with Gasteiger partial charge in [-0.05, 0) is 23.6 Å². The van der Waals surface area contributed by atoms with Crippen molar-refractivity contribution >= 4 is 15.9 Å². The number of rotatable bonds is 6. The molecule has 7 nitrogen and oxygen atoms in total. The summed E-state index contributed by atoms with van der Waals surface area (Å²) in [6.07, 6.45) is 0.986. The third kappa shape index (κ3) is 3.98. The molecule has 152 valence electrons. The number of hydrogen-bond donors (Lipinski definition) is 1. The van der Waals surface area contributed by atoms with Crippen LogP contribution in [0.3, 0.4) is 0 Å². The van der Waals surface area contributed by atoms with Crippen molar-refractivity contribution in [2.24, 2.45) is 7.05 Å². The van der Waals surface area contributed by atoms with Crippen LogP contribution in [0.1, 0.15) is 55.9 Å². The number of carbonyl (C=O) groups is 1. The third-order valence-corrected chi connectivity index (χ3v) is 7.12. The number of aromatic nitrogens is 2. The van der Waals surface area contributed by atoms with Crippen LogP contribution in [0.4, 0.5) is 0 Å². The number of nitrogens with one attached hydrogen (secondary N) is 1. The summed E-state index contributed by atoms with van der Waals surface area (Å²) in [7, 11) is -1.69. The average Bonchev–Trinajstić information content (AvgIpc) is 3.01. The van der Waals surface area contributed by atoms with Crippen LogP contribution in [0.5, 0.6) is 0 Å². The van der Waals surface area contributed by atoms with E-state index >= 15 is 0 Å². The summed E-state index contributed by atoms with van der Waals surface area (Å²) >= 11 is 0. The second-order valence-electron chi connectivity index (χ2n) is 7.42. The lowest BCUT2D eigenvalue weighted by Gasteiger charge is -2.26. The second kappa shape index (κ2) is 8.05. The Morgan fingerprint density at radius 3 is 2.54 bits per heavy atom. The Bertz CT molecular complexity index is 962. The quantitative estimate of drug-likeness (QED) is 0.801. The van der Waals surface area contributed by atoms with Crippen LogP contribution in [0.2, 0.25) is 0 Å². The normalized spacial score (nSPS) is 14.9. The molecule has 1 amide bonds. The molecule has 0 unspecified atom stereocenters. The Hall–Kier alpha value is -2.19. The van der Waals surface area contributed by atoms with Crippen molar-refractivity contribution in [1.29, 1.82) is 0 Å². The van der Waals surface area contributed by atoms with Crippen LogP contribution in [0, 0.1) is 0 Å². The minimum absolute atomic E-state index is 0.0324. The van der Waals surface area contributed by atoms with Gasteiger partial charge in [-0.2, -0.15) is 4.31 Å². The molecule has 0 saturated heterocycles. The van der Waals surface area contributed by atoms with E-state index in [1.807, 2.05) is 23.7 Å². The van der Waals surface area contributed by atoms with Gasteiger partial charge < -0.3 is 9.88 Å².